The summed E-state index contributed by atoms with van der Waals surface area (Å²) in [5.41, 5.74) is 1.20. The number of hydrogen-bond acceptors (Lipinski definition) is 5. The number of carbonyl (C=O) groups excluding carboxylic acids is 1. The number of ether oxygens (including phenoxy) is 2. The average Bonchev–Trinajstić information content (AvgIpc) is 3.31. The Morgan fingerprint density at radius 1 is 1.24 bits per heavy atom. The van der Waals surface area contributed by atoms with Crippen LogP contribution >= 0.6 is 11.3 Å². The largest absolute Gasteiger partial charge is 0.486 e. The fourth-order valence-electron chi connectivity index (χ4n) is 3.50. The van der Waals surface area contributed by atoms with Crippen LogP contribution in [0.5, 0.6) is 11.5 Å². The van der Waals surface area contributed by atoms with Gasteiger partial charge >= 0.3 is 0 Å². The molecule has 0 saturated carbocycles. The van der Waals surface area contributed by atoms with Crippen molar-refractivity contribution in [1.29, 1.82) is 0 Å². The molecule has 0 radical (unpaired) electrons. The van der Waals surface area contributed by atoms with Crippen LogP contribution in [0.3, 0.4) is 0 Å². The highest BCUT2D eigenvalue weighted by molar-refractivity contribution is 7.09. The van der Waals surface area contributed by atoms with Crippen molar-refractivity contribution in [3.05, 3.63) is 46.2 Å². The highest BCUT2D eigenvalue weighted by atomic mass is 32.1. The van der Waals surface area contributed by atoms with Crippen LogP contribution in [0.4, 0.5) is 0 Å². The molecule has 4 rings (SSSR count). The van der Waals surface area contributed by atoms with Crippen LogP contribution < -0.4 is 14.8 Å². The minimum Gasteiger partial charge on any atom is -0.486 e. The molecule has 132 valence electrons. The lowest BCUT2D eigenvalue weighted by Gasteiger charge is -2.26. The van der Waals surface area contributed by atoms with E-state index in [0.717, 1.165) is 30.9 Å². The van der Waals surface area contributed by atoms with Crippen molar-refractivity contribution in [1.82, 2.24) is 10.2 Å². The predicted molar refractivity (Wildman–Crippen MR) is 97.1 cm³/mol. The summed E-state index contributed by atoms with van der Waals surface area (Å²) in [7, 11) is 0. The Morgan fingerprint density at radius 3 is 2.96 bits per heavy atom. The molecule has 2 aromatic rings. The molecule has 1 aromatic carbocycles. The van der Waals surface area contributed by atoms with Gasteiger partial charge in [0.15, 0.2) is 11.5 Å². The number of rotatable bonds is 5. The third kappa shape index (κ3) is 3.80. The Hall–Kier alpha value is -2.05. The zero-order valence-electron chi connectivity index (χ0n) is 14.1. The maximum atomic E-state index is 12.3. The SMILES string of the molecule is O=C(CN1CCCC1c1ccc2c(c1)OCCO2)NCc1cccs1. The summed E-state index contributed by atoms with van der Waals surface area (Å²) in [6.07, 6.45) is 2.18. The maximum Gasteiger partial charge on any atom is 0.234 e. The molecule has 2 aliphatic rings. The van der Waals surface area contributed by atoms with Gasteiger partial charge in [-0.05, 0) is 48.5 Å². The van der Waals surface area contributed by atoms with Gasteiger partial charge in [0.05, 0.1) is 13.1 Å². The number of hydrogen-bond donors (Lipinski definition) is 1. The van der Waals surface area contributed by atoms with Crippen molar-refractivity contribution >= 4 is 17.2 Å². The van der Waals surface area contributed by atoms with E-state index < -0.39 is 0 Å². The lowest BCUT2D eigenvalue weighted by atomic mass is 10.0. The summed E-state index contributed by atoms with van der Waals surface area (Å²) >= 11 is 1.66. The van der Waals surface area contributed by atoms with Gasteiger partial charge in [-0.25, -0.2) is 0 Å². The van der Waals surface area contributed by atoms with Gasteiger partial charge in [-0.3, -0.25) is 9.69 Å². The number of nitrogens with zero attached hydrogens (tertiary/aromatic N) is 1. The van der Waals surface area contributed by atoms with E-state index in [1.165, 1.54) is 10.4 Å². The minimum absolute atomic E-state index is 0.0813. The van der Waals surface area contributed by atoms with Crippen molar-refractivity contribution < 1.29 is 14.3 Å². The summed E-state index contributed by atoms with van der Waals surface area (Å²) in [4.78, 5) is 15.7. The van der Waals surface area contributed by atoms with Crippen LogP contribution in [-0.2, 0) is 11.3 Å². The Labute approximate surface area is 151 Å². The van der Waals surface area contributed by atoms with Crippen LogP contribution in [0.15, 0.2) is 35.7 Å². The number of nitrogens with one attached hydrogen (secondary N) is 1. The number of thiophene rings is 1. The first-order valence-corrected chi connectivity index (χ1v) is 9.60. The van der Waals surface area contributed by atoms with Gasteiger partial charge in [-0.2, -0.15) is 0 Å². The summed E-state index contributed by atoms with van der Waals surface area (Å²) in [5, 5.41) is 5.05. The van der Waals surface area contributed by atoms with E-state index in [4.69, 9.17) is 9.47 Å². The molecule has 1 fully saturated rings. The Morgan fingerprint density at radius 2 is 2.12 bits per heavy atom. The van der Waals surface area contributed by atoms with Crippen molar-refractivity contribution in [2.75, 3.05) is 26.3 Å². The molecule has 6 heteroatoms. The molecule has 2 aliphatic heterocycles. The third-order valence-corrected chi connectivity index (χ3v) is 5.58. The fraction of sp³-hybridized carbons (Fsp3) is 0.421. The molecule has 5 nitrogen and oxygen atoms in total. The van der Waals surface area contributed by atoms with E-state index in [2.05, 4.69) is 22.3 Å². The quantitative estimate of drug-likeness (QED) is 0.893. The second kappa shape index (κ2) is 7.45. The van der Waals surface area contributed by atoms with E-state index in [-0.39, 0.29) is 11.9 Å². The van der Waals surface area contributed by atoms with E-state index in [0.29, 0.717) is 26.3 Å². The maximum absolute atomic E-state index is 12.3. The van der Waals surface area contributed by atoms with Crippen LogP contribution in [-0.4, -0.2) is 37.1 Å². The Kier molecular flexibility index (Phi) is 4.90. The lowest BCUT2D eigenvalue weighted by Crippen LogP contribution is -2.36. The first-order chi connectivity index (χ1) is 12.3. The summed E-state index contributed by atoms with van der Waals surface area (Å²) in [5.74, 6) is 1.71. The van der Waals surface area contributed by atoms with E-state index in [1.54, 1.807) is 11.3 Å². The van der Waals surface area contributed by atoms with Gasteiger partial charge in [0.2, 0.25) is 5.91 Å². The molecule has 1 saturated heterocycles. The van der Waals surface area contributed by atoms with E-state index in [1.807, 2.05) is 23.6 Å². The molecule has 1 aromatic heterocycles. The van der Waals surface area contributed by atoms with Gasteiger partial charge in [0.1, 0.15) is 13.2 Å². The Bertz CT molecular complexity index is 732. The van der Waals surface area contributed by atoms with Crippen LogP contribution in [0.2, 0.25) is 0 Å². The predicted octanol–water partition coefficient (Wildman–Crippen LogP) is 2.97. The molecule has 3 heterocycles. The third-order valence-electron chi connectivity index (χ3n) is 4.70. The molecule has 0 bridgehead atoms. The lowest BCUT2D eigenvalue weighted by molar-refractivity contribution is -0.122. The molecule has 25 heavy (non-hydrogen) atoms. The zero-order valence-corrected chi connectivity index (χ0v) is 14.9. The van der Waals surface area contributed by atoms with Crippen LogP contribution in [0.1, 0.15) is 29.3 Å². The number of fused-ring (bicyclic) bond motifs is 1. The highest BCUT2D eigenvalue weighted by Gasteiger charge is 2.28. The molecule has 0 spiro atoms. The second-order valence-corrected chi connectivity index (χ2v) is 7.42. The van der Waals surface area contributed by atoms with E-state index >= 15 is 0 Å². The normalized spacial score (nSPS) is 19.8. The molecular formula is C19H22N2O3S. The van der Waals surface area contributed by atoms with Gasteiger partial charge in [-0.15, -0.1) is 11.3 Å². The van der Waals surface area contributed by atoms with Crippen molar-refractivity contribution in [2.45, 2.75) is 25.4 Å². The number of carbonyl (C=O) groups is 1. The summed E-state index contributed by atoms with van der Waals surface area (Å²) in [6, 6.07) is 10.5. The second-order valence-electron chi connectivity index (χ2n) is 6.39. The van der Waals surface area contributed by atoms with Crippen LogP contribution in [0, 0.1) is 0 Å². The molecule has 1 unspecified atom stereocenters. The molecule has 1 amide bonds. The molecule has 1 atom stereocenters. The van der Waals surface area contributed by atoms with Gasteiger partial charge in [0, 0.05) is 10.9 Å². The van der Waals surface area contributed by atoms with Crippen molar-refractivity contribution in [3.8, 4) is 11.5 Å². The monoisotopic (exact) mass is 358 g/mol. The summed E-state index contributed by atoms with van der Waals surface area (Å²) in [6.45, 7) is 3.19. The molecular weight excluding hydrogens is 336 g/mol. The van der Waals surface area contributed by atoms with Gasteiger partial charge in [0.25, 0.3) is 0 Å². The van der Waals surface area contributed by atoms with Gasteiger partial charge in [-0.1, -0.05) is 12.1 Å². The topological polar surface area (TPSA) is 50.8 Å². The highest BCUT2D eigenvalue weighted by Crippen LogP contribution is 2.37. The minimum atomic E-state index is 0.0813. The fourth-order valence-corrected chi connectivity index (χ4v) is 4.14. The number of amides is 1. The number of likely N-dealkylation sites (tertiary alicyclic amines) is 1. The first kappa shape index (κ1) is 16.4. The zero-order chi connectivity index (χ0) is 17.1. The molecule has 0 aliphatic carbocycles. The average molecular weight is 358 g/mol. The first-order valence-electron chi connectivity index (χ1n) is 8.72. The number of benzene rings is 1. The van der Waals surface area contributed by atoms with Crippen LogP contribution in [0.25, 0.3) is 0 Å². The summed E-state index contributed by atoms with van der Waals surface area (Å²) < 4.78 is 11.3. The Balaban J connectivity index is 1.39. The van der Waals surface area contributed by atoms with E-state index in [9.17, 15) is 4.79 Å². The van der Waals surface area contributed by atoms with Crippen molar-refractivity contribution in [3.63, 3.8) is 0 Å². The van der Waals surface area contributed by atoms with Crippen molar-refractivity contribution in [2.24, 2.45) is 0 Å². The van der Waals surface area contributed by atoms with Gasteiger partial charge < -0.3 is 14.8 Å². The standard InChI is InChI=1S/C19H22N2O3S/c22-19(20-12-15-3-2-10-25-15)13-21-7-1-4-16(21)14-5-6-17-18(11-14)24-9-8-23-17/h2-3,5-6,10-11,16H,1,4,7-9,12-13H2,(H,20,22). The molecule has 1 N–H and O–H groups in total. The smallest absolute Gasteiger partial charge is 0.234 e.